The van der Waals surface area contributed by atoms with Gasteiger partial charge in [-0.05, 0) is 55.6 Å². The van der Waals surface area contributed by atoms with Gasteiger partial charge in [-0.3, -0.25) is 0 Å². The van der Waals surface area contributed by atoms with E-state index >= 15 is 0 Å². The highest BCUT2D eigenvalue weighted by atomic mass is 15.0. The molecular weight excluding hydrogens is 294 g/mol. The molecule has 2 aromatic carbocycles. The third kappa shape index (κ3) is 3.86. The first-order valence-electron chi connectivity index (χ1n) is 8.66. The average Bonchev–Trinajstić information content (AvgIpc) is 3.00. The van der Waals surface area contributed by atoms with E-state index in [4.69, 9.17) is 0 Å². The lowest BCUT2D eigenvalue weighted by Crippen LogP contribution is -2.37. The summed E-state index contributed by atoms with van der Waals surface area (Å²) in [5.41, 5.74) is 6.65. The normalized spacial score (nSPS) is 12.6. The maximum absolute atomic E-state index is 3.59. The van der Waals surface area contributed by atoms with E-state index in [2.05, 4.69) is 78.1 Å². The molecule has 0 aliphatic carbocycles. The van der Waals surface area contributed by atoms with Gasteiger partial charge in [0.25, 0.3) is 0 Å². The number of likely N-dealkylation sites (N-methyl/N-ethyl adjacent to an activating group) is 1. The van der Waals surface area contributed by atoms with Crippen molar-refractivity contribution in [3.8, 4) is 0 Å². The molecule has 1 aromatic heterocycles. The number of H-pyrrole nitrogens is 1. The van der Waals surface area contributed by atoms with Crippen LogP contribution < -0.4 is 10.6 Å². The van der Waals surface area contributed by atoms with Crippen molar-refractivity contribution in [3.63, 3.8) is 0 Å². The van der Waals surface area contributed by atoms with Crippen molar-refractivity contribution >= 4 is 10.9 Å². The first kappa shape index (κ1) is 16.7. The van der Waals surface area contributed by atoms with Crippen molar-refractivity contribution in [3.05, 3.63) is 70.9 Å². The number of fused-ring (bicyclic) bond motifs is 1. The molecule has 24 heavy (non-hydrogen) atoms. The molecule has 3 aromatic rings. The van der Waals surface area contributed by atoms with Gasteiger partial charge in [-0.1, -0.05) is 36.4 Å². The van der Waals surface area contributed by atoms with Gasteiger partial charge in [0.15, 0.2) is 0 Å². The van der Waals surface area contributed by atoms with Gasteiger partial charge in [0.05, 0.1) is 0 Å². The Labute approximate surface area is 144 Å². The van der Waals surface area contributed by atoms with E-state index in [1.54, 1.807) is 0 Å². The number of aromatic amines is 1. The van der Waals surface area contributed by atoms with Crippen molar-refractivity contribution in [2.75, 3.05) is 13.6 Å². The monoisotopic (exact) mass is 321 g/mol. The molecule has 1 atom stereocenters. The average molecular weight is 321 g/mol. The smallest absolute Gasteiger partial charge is 0.0456 e. The third-order valence-corrected chi connectivity index (χ3v) is 4.84. The Hall–Kier alpha value is -2.10. The standard InChI is InChI=1S/C21H27N3/c1-15-8-9-17(10-16(15)2)12-23-14-19(22-3)11-18-13-24-21-7-5-4-6-20(18)21/h4-10,13,19,22-24H,11-12,14H2,1-3H3/t19-/m1/s1. The van der Waals surface area contributed by atoms with E-state index < -0.39 is 0 Å². The zero-order valence-corrected chi connectivity index (χ0v) is 14.8. The van der Waals surface area contributed by atoms with Crippen molar-refractivity contribution in [1.82, 2.24) is 15.6 Å². The summed E-state index contributed by atoms with van der Waals surface area (Å²) < 4.78 is 0. The first-order chi connectivity index (χ1) is 11.7. The lowest BCUT2D eigenvalue weighted by Gasteiger charge is -2.17. The van der Waals surface area contributed by atoms with Crippen LogP contribution in [0.3, 0.4) is 0 Å². The summed E-state index contributed by atoms with van der Waals surface area (Å²) in [6.07, 6.45) is 3.15. The van der Waals surface area contributed by atoms with Gasteiger partial charge in [0, 0.05) is 36.2 Å². The molecule has 0 bridgehead atoms. The molecule has 0 unspecified atom stereocenters. The number of hydrogen-bond acceptors (Lipinski definition) is 2. The van der Waals surface area contributed by atoms with E-state index in [-0.39, 0.29) is 0 Å². The van der Waals surface area contributed by atoms with E-state index in [1.165, 1.54) is 33.2 Å². The highest BCUT2D eigenvalue weighted by Crippen LogP contribution is 2.19. The molecule has 3 N–H and O–H groups in total. The van der Waals surface area contributed by atoms with Crippen LogP contribution in [0.4, 0.5) is 0 Å². The van der Waals surface area contributed by atoms with Crippen molar-refractivity contribution < 1.29 is 0 Å². The minimum Gasteiger partial charge on any atom is -0.361 e. The lowest BCUT2D eigenvalue weighted by atomic mass is 10.0. The van der Waals surface area contributed by atoms with Gasteiger partial charge in [-0.15, -0.1) is 0 Å². The van der Waals surface area contributed by atoms with Gasteiger partial charge in [0.2, 0.25) is 0 Å². The lowest BCUT2D eigenvalue weighted by molar-refractivity contribution is 0.506. The van der Waals surface area contributed by atoms with Crippen molar-refractivity contribution in [2.45, 2.75) is 32.9 Å². The minimum atomic E-state index is 0.413. The summed E-state index contributed by atoms with van der Waals surface area (Å²) in [5.74, 6) is 0. The molecule has 0 radical (unpaired) electrons. The van der Waals surface area contributed by atoms with Crippen molar-refractivity contribution in [2.24, 2.45) is 0 Å². The van der Waals surface area contributed by atoms with Crippen LogP contribution in [-0.4, -0.2) is 24.6 Å². The quantitative estimate of drug-likeness (QED) is 0.621. The molecule has 0 amide bonds. The summed E-state index contributed by atoms with van der Waals surface area (Å²) in [5, 5.41) is 8.35. The SMILES string of the molecule is CN[C@@H](CNCc1ccc(C)c(C)c1)Cc1c[nH]c2ccccc12. The topological polar surface area (TPSA) is 39.8 Å². The van der Waals surface area contributed by atoms with Gasteiger partial charge < -0.3 is 15.6 Å². The second-order valence-corrected chi connectivity index (χ2v) is 6.60. The summed E-state index contributed by atoms with van der Waals surface area (Å²) in [6, 6.07) is 15.6. The number of hydrogen-bond donors (Lipinski definition) is 3. The Morgan fingerprint density at radius 2 is 1.88 bits per heavy atom. The fraction of sp³-hybridized carbons (Fsp3) is 0.333. The summed E-state index contributed by atoms with van der Waals surface area (Å²) >= 11 is 0. The van der Waals surface area contributed by atoms with E-state index in [0.717, 1.165) is 19.5 Å². The van der Waals surface area contributed by atoms with Crippen LogP contribution in [0.15, 0.2) is 48.7 Å². The number of aryl methyl sites for hydroxylation is 2. The maximum atomic E-state index is 3.59. The second kappa shape index (κ2) is 7.65. The minimum absolute atomic E-state index is 0.413. The molecule has 1 heterocycles. The van der Waals surface area contributed by atoms with Crippen LogP contribution in [0, 0.1) is 13.8 Å². The third-order valence-electron chi connectivity index (χ3n) is 4.84. The van der Waals surface area contributed by atoms with Crippen molar-refractivity contribution in [1.29, 1.82) is 0 Å². The molecule has 0 fully saturated rings. The molecule has 0 saturated heterocycles. The van der Waals surface area contributed by atoms with Gasteiger partial charge >= 0.3 is 0 Å². The molecule has 0 aliphatic rings. The van der Waals surface area contributed by atoms with Gasteiger partial charge in [0.1, 0.15) is 0 Å². The molecule has 0 saturated carbocycles. The van der Waals surface area contributed by atoms with Crippen LogP contribution in [0.5, 0.6) is 0 Å². The Balaban J connectivity index is 1.57. The summed E-state index contributed by atoms with van der Waals surface area (Å²) in [6.45, 7) is 6.19. The van der Waals surface area contributed by atoms with Crippen LogP contribution >= 0.6 is 0 Å². The fourth-order valence-corrected chi connectivity index (χ4v) is 3.15. The van der Waals surface area contributed by atoms with Crippen LogP contribution in [0.2, 0.25) is 0 Å². The maximum Gasteiger partial charge on any atom is 0.0456 e. The summed E-state index contributed by atoms with van der Waals surface area (Å²) in [7, 11) is 2.04. The van der Waals surface area contributed by atoms with Gasteiger partial charge in [-0.25, -0.2) is 0 Å². The molecule has 3 rings (SSSR count). The largest absolute Gasteiger partial charge is 0.361 e. The Kier molecular flexibility index (Phi) is 5.34. The number of benzene rings is 2. The fourth-order valence-electron chi connectivity index (χ4n) is 3.15. The molecule has 126 valence electrons. The van der Waals surface area contributed by atoms with E-state index in [9.17, 15) is 0 Å². The van der Waals surface area contributed by atoms with E-state index in [0.29, 0.717) is 6.04 Å². The molecule has 3 heteroatoms. The molecule has 3 nitrogen and oxygen atoms in total. The van der Waals surface area contributed by atoms with Gasteiger partial charge in [-0.2, -0.15) is 0 Å². The number of aromatic nitrogens is 1. The van der Waals surface area contributed by atoms with Crippen LogP contribution in [-0.2, 0) is 13.0 Å². The Morgan fingerprint density at radius 3 is 2.67 bits per heavy atom. The molecule has 0 spiro atoms. The number of rotatable bonds is 7. The number of para-hydroxylation sites is 1. The Bertz CT molecular complexity index is 804. The zero-order valence-electron chi connectivity index (χ0n) is 14.8. The predicted molar refractivity (Wildman–Crippen MR) is 102 cm³/mol. The zero-order chi connectivity index (χ0) is 16.9. The predicted octanol–water partition coefficient (Wildman–Crippen LogP) is 3.71. The molecule has 0 aliphatic heterocycles. The highest BCUT2D eigenvalue weighted by Gasteiger charge is 2.10. The van der Waals surface area contributed by atoms with E-state index in [1.807, 2.05) is 7.05 Å². The van der Waals surface area contributed by atoms with Crippen LogP contribution in [0.25, 0.3) is 10.9 Å². The van der Waals surface area contributed by atoms with Crippen LogP contribution in [0.1, 0.15) is 22.3 Å². The number of nitrogens with one attached hydrogen (secondary N) is 3. The summed E-state index contributed by atoms with van der Waals surface area (Å²) in [4.78, 5) is 3.36. The second-order valence-electron chi connectivity index (χ2n) is 6.60. The first-order valence-corrected chi connectivity index (χ1v) is 8.66. The highest BCUT2D eigenvalue weighted by molar-refractivity contribution is 5.83. The Morgan fingerprint density at radius 1 is 1.04 bits per heavy atom. The molecular formula is C21H27N3.